The van der Waals surface area contributed by atoms with E-state index in [1.54, 1.807) is 22.3 Å². The molecule has 1 aliphatic carbocycles. The number of fused-ring (bicyclic) bond motifs is 1. The van der Waals surface area contributed by atoms with Gasteiger partial charge in [-0.2, -0.15) is 0 Å². The minimum Gasteiger partial charge on any atom is -0.0613 e. The van der Waals surface area contributed by atoms with E-state index >= 15 is 0 Å². The highest BCUT2D eigenvalue weighted by Crippen LogP contribution is 2.35. The first kappa shape index (κ1) is 10.7. The number of hydrogen-bond acceptors (Lipinski definition) is 0. The third kappa shape index (κ3) is 1.82. The van der Waals surface area contributed by atoms with Gasteiger partial charge in [0.05, 0.1) is 0 Å². The van der Waals surface area contributed by atoms with Crippen LogP contribution in [0.25, 0.3) is 0 Å². The molecule has 1 aromatic rings. The van der Waals surface area contributed by atoms with E-state index in [4.69, 9.17) is 0 Å². The van der Waals surface area contributed by atoms with E-state index in [2.05, 4.69) is 39.8 Å². The lowest BCUT2D eigenvalue weighted by Gasteiger charge is -2.24. The molecule has 0 aliphatic heterocycles. The fourth-order valence-corrected chi connectivity index (χ4v) is 2.81. The largest absolute Gasteiger partial charge is 0.0613 e. The van der Waals surface area contributed by atoms with Crippen molar-refractivity contribution in [3.05, 3.63) is 34.4 Å². The van der Waals surface area contributed by atoms with Crippen molar-refractivity contribution in [2.75, 3.05) is 0 Å². The van der Waals surface area contributed by atoms with Gasteiger partial charge in [0.1, 0.15) is 0 Å². The van der Waals surface area contributed by atoms with Crippen molar-refractivity contribution in [3.63, 3.8) is 0 Å². The summed E-state index contributed by atoms with van der Waals surface area (Å²) in [5.41, 5.74) is 6.80. The van der Waals surface area contributed by atoms with Crippen molar-refractivity contribution in [3.8, 4) is 0 Å². The van der Waals surface area contributed by atoms with Gasteiger partial charge < -0.3 is 0 Å². The summed E-state index contributed by atoms with van der Waals surface area (Å²) in [5.74, 6) is 0. The van der Waals surface area contributed by atoms with E-state index in [0.29, 0.717) is 5.41 Å². The predicted molar refractivity (Wildman–Crippen MR) is 66.5 cm³/mol. The summed E-state index contributed by atoms with van der Waals surface area (Å²) >= 11 is 0. The van der Waals surface area contributed by atoms with Crippen molar-refractivity contribution in [1.29, 1.82) is 0 Å². The Balaban J connectivity index is 2.57. The third-order valence-electron chi connectivity index (χ3n) is 3.57. The zero-order valence-corrected chi connectivity index (χ0v) is 10.5. The Morgan fingerprint density at radius 2 is 1.73 bits per heavy atom. The molecule has 2 rings (SSSR count). The molecule has 0 aromatic heterocycles. The monoisotopic (exact) mass is 202 g/mol. The van der Waals surface area contributed by atoms with Crippen LogP contribution in [0.15, 0.2) is 12.1 Å². The average Bonchev–Trinajstić information content (AvgIpc) is 2.62. The zero-order valence-electron chi connectivity index (χ0n) is 10.5. The van der Waals surface area contributed by atoms with Gasteiger partial charge in [0.15, 0.2) is 0 Å². The van der Waals surface area contributed by atoms with Crippen LogP contribution < -0.4 is 0 Å². The molecule has 0 spiro atoms. The maximum Gasteiger partial charge on any atom is -0.0129 e. The lowest BCUT2D eigenvalue weighted by atomic mass is 9.81. The molecule has 0 N–H and O–H groups in total. The van der Waals surface area contributed by atoms with Gasteiger partial charge >= 0.3 is 0 Å². The van der Waals surface area contributed by atoms with Gasteiger partial charge in [0.2, 0.25) is 0 Å². The summed E-state index contributed by atoms with van der Waals surface area (Å²) in [6.07, 6.45) is 5.15. The topological polar surface area (TPSA) is 0 Å². The molecule has 1 aromatic carbocycles. The molecule has 0 nitrogen and oxygen atoms in total. The Morgan fingerprint density at radius 3 is 2.33 bits per heavy atom. The van der Waals surface area contributed by atoms with Gasteiger partial charge in [0.25, 0.3) is 0 Å². The standard InChI is InChI=1S/C15H22/c1-5-11-9-10-14(15(2,3)4)13-8-6-7-12(11)13/h9-10H,5-8H2,1-4H3. The molecular formula is C15H22. The van der Waals surface area contributed by atoms with Crippen LogP contribution in [0, 0.1) is 0 Å². The maximum absolute atomic E-state index is 2.36. The van der Waals surface area contributed by atoms with E-state index in [1.807, 2.05) is 0 Å². The third-order valence-corrected chi connectivity index (χ3v) is 3.57. The van der Waals surface area contributed by atoms with Crippen molar-refractivity contribution in [1.82, 2.24) is 0 Å². The average molecular weight is 202 g/mol. The number of hydrogen-bond donors (Lipinski definition) is 0. The Labute approximate surface area is 93.7 Å². The first-order chi connectivity index (χ1) is 7.04. The summed E-state index contributed by atoms with van der Waals surface area (Å²) in [6.45, 7) is 9.25. The molecule has 0 atom stereocenters. The molecule has 1 aliphatic rings. The summed E-state index contributed by atoms with van der Waals surface area (Å²) in [4.78, 5) is 0. The Morgan fingerprint density at radius 1 is 1.07 bits per heavy atom. The molecule has 82 valence electrons. The molecule has 0 saturated carbocycles. The number of rotatable bonds is 1. The molecule has 15 heavy (non-hydrogen) atoms. The predicted octanol–water partition coefficient (Wildman–Crippen LogP) is 4.04. The smallest absolute Gasteiger partial charge is 0.0129 e. The van der Waals surface area contributed by atoms with Gasteiger partial charge in [0, 0.05) is 0 Å². The van der Waals surface area contributed by atoms with Gasteiger partial charge in [-0.3, -0.25) is 0 Å². The molecule has 0 heteroatoms. The van der Waals surface area contributed by atoms with E-state index in [9.17, 15) is 0 Å². The zero-order chi connectivity index (χ0) is 11.1. The van der Waals surface area contributed by atoms with Crippen molar-refractivity contribution in [2.24, 2.45) is 0 Å². The fraction of sp³-hybridized carbons (Fsp3) is 0.600. The van der Waals surface area contributed by atoms with Crippen molar-refractivity contribution in [2.45, 2.75) is 58.8 Å². The molecule has 0 bridgehead atoms. The highest BCUT2D eigenvalue weighted by molar-refractivity contribution is 5.46. The molecule has 0 saturated heterocycles. The quantitative estimate of drug-likeness (QED) is 0.645. The fourth-order valence-electron chi connectivity index (χ4n) is 2.81. The van der Waals surface area contributed by atoms with Crippen LogP contribution in [0.2, 0.25) is 0 Å². The normalized spacial score (nSPS) is 15.5. The van der Waals surface area contributed by atoms with E-state index in [0.717, 1.165) is 0 Å². The first-order valence-electron chi connectivity index (χ1n) is 6.18. The molecular weight excluding hydrogens is 180 g/mol. The van der Waals surface area contributed by atoms with Gasteiger partial charge in [-0.25, -0.2) is 0 Å². The maximum atomic E-state index is 2.36. The van der Waals surface area contributed by atoms with Crippen LogP contribution in [-0.4, -0.2) is 0 Å². The Hall–Kier alpha value is -0.780. The second-order valence-corrected chi connectivity index (χ2v) is 5.69. The van der Waals surface area contributed by atoms with Gasteiger partial charge in [-0.05, 0) is 53.4 Å². The minimum atomic E-state index is 0.306. The lowest BCUT2D eigenvalue weighted by Crippen LogP contribution is -2.14. The molecule has 0 fully saturated rings. The summed E-state index contributed by atoms with van der Waals surface area (Å²) in [5, 5.41) is 0. The molecule has 0 heterocycles. The SMILES string of the molecule is CCc1ccc(C(C)(C)C)c2c1CCC2. The number of aryl methyl sites for hydroxylation is 1. The van der Waals surface area contributed by atoms with Crippen LogP contribution in [0.3, 0.4) is 0 Å². The lowest BCUT2D eigenvalue weighted by molar-refractivity contribution is 0.583. The molecule has 0 unspecified atom stereocenters. The van der Waals surface area contributed by atoms with Crippen molar-refractivity contribution >= 4 is 0 Å². The van der Waals surface area contributed by atoms with E-state index < -0.39 is 0 Å². The molecule has 0 radical (unpaired) electrons. The Kier molecular flexibility index (Phi) is 2.62. The van der Waals surface area contributed by atoms with Gasteiger partial charge in [-0.1, -0.05) is 39.8 Å². The second-order valence-electron chi connectivity index (χ2n) is 5.69. The highest BCUT2D eigenvalue weighted by atomic mass is 14.3. The Bertz CT molecular complexity index is 366. The van der Waals surface area contributed by atoms with Crippen molar-refractivity contribution < 1.29 is 0 Å². The minimum absolute atomic E-state index is 0.306. The first-order valence-corrected chi connectivity index (χ1v) is 6.18. The van der Waals surface area contributed by atoms with Crippen LogP contribution in [0.4, 0.5) is 0 Å². The number of benzene rings is 1. The summed E-state index contributed by atoms with van der Waals surface area (Å²) < 4.78 is 0. The van der Waals surface area contributed by atoms with Gasteiger partial charge in [-0.15, -0.1) is 0 Å². The second kappa shape index (κ2) is 3.66. The van der Waals surface area contributed by atoms with E-state index in [-0.39, 0.29) is 0 Å². The molecule has 0 amide bonds. The van der Waals surface area contributed by atoms with Crippen LogP contribution in [0.5, 0.6) is 0 Å². The summed E-state index contributed by atoms with van der Waals surface area (Å²) in [6, 6.07) is 4.72. The van der Waals surface area contributed by atoms with Crippen LogP contribution >= 0.6 is 0 Å². The van der Waals surface area contributed by atoms with E-state index in [1.165, 1.54) is 25.7 Å². The highest BCUT2D eigenvalue weighted by Gasteiger charge is 2.24. The van der Waals surface area contributed by atoms with Crippen LogP contribution in [0.1, 0.15) is 56.4 Å². The van der Waals surface area contributed by atoms with Crippen LogP contribution in [-0.2, 0) is 24.7 Å². The summed E-state index contributed by atoms with van der Waals surface area (Å²) in [7, 11) is 0.